The van der Waals surface area contributed by atoms with E-state index in [0.29, 0.717) is 0 Å². The number of halogens is 1. The lowest BCUT2D eigenvalue weighted by atomic mass is 10.1. The van der Waals surface area contributed by atoms with Gasteiger partial charge in [0, 0.05) is 6.92 Å². The van der Waals surface area contributed by atoms with Gasteiger partial charge in [-0.15, -0.1) is 0 Å². The minimum absolute atomic E-state index is 0.132. The smallest absolute Gasteiger partial charge is 0.217 e. The van der Waals surface area contributed by atoms with Gasteiger partial charge in [0.15, 0.2) is 0 Å². The average Bonchev–Trinajstić information content (AvgIpc) is 2.03. The van der Waals surface area contributed by atoms with Crippen LogP contribution in [0.25, 0.3) is 0 Å². The molecule has 1 amide bonds. The van der Waals surface area contributed by atoms with Gasteiger partial charge in [0.25, 0.3) is 0 Å². The molecule has 14 heavy (non-hydrogen) atoms. The van der Waals surface area contributed by atoms with Gasteiger partial charge in [-0.1, -0.05) is 19.4 Å². The lowest BCUT2D eigenvalue weighted by molar-refractivity contribution is -0.119. The number of hydrogen-bond donors (Lipinski definition) is 1. The second-order valence-electron chi connectivity index (χ2n) is 3.15. The lowest BCUT2D eigenvalue weighted by Crippen LogP contribution is -2.31. The van der Waals surface area contributed by atoms with Crippen LogP contribution in [0, 0.1) is 0 Å². The molecular formula is C11H18FNO. The molecular weight excluding hydrogens is 181 g/mol. The zero-order chi connectivity index (χ0) is 11.0. The Bertz CT molecular complexity index is 233. The molecule has 0 rings (SSSR count). The van der Waals surface area contributed by atoms with E-state index in [4.69, 9.17) is 0 Å². The van der Waals surface area contributed by atoms with E-state index in [2.05, 4.69) is 5.32 Å². The van der Waals surface area contributed by atoms with E-state index in [-0.39, 0.29) is 17.8 Å². The molecule has 0 heterocycles. The van der Waals surface area contributed by atoms with Gasteiger partial charge < -0.3 is 5.32 Å². The molecule has 80 valence electrons. The highest BCUT2D eigenvalue weighted by molar-refractivity contribution is 5.73. The molecule has 0 saturated heterocycles. The molecule has 0 spiro atoms. The number of amides is 1. The van der Waals surface area contributed by atoms with Gasteiger partial charge in [0.05, 0.1) is 6.04 Å². The highest BCUT2D eigenvalue weighted by Crippen LogP contribution is 2.05. The molecule has 2 nitrogen and oxygen atoms in total. The third kappa shape index (κ3) is 6.40. The molecule has 0 aliphatic heterocycles. The van der Waals surface area contributed by atoms with E-state index in [1.807, 2.05) is 6.92 Å². The fourth-order valence-electron chi connectivity index (χ4n) is 1.18. The van der Waals surface area contributed by atoms with E-state index < -0.39 is 0 Å². The van der Waals surface area contributed by atoms with Crippen molar-refractivity contribution < 1.29 is 9.18 Å². The highest BCUT2D eigenvalue weighted by atomic mass is 19.1. The zero-order valence-electron chi connectivity index (χ0n) is 9.01. The maximum Gasteiger partial charge on any atom is 0.217 e. The molecule has 1 atom stereocenters. The first-order valence-electron chi connectivity index (χ1n) is 4.87. The summed E-state index contributed by atoms with van der Waals surface area (Å²) >= 11 is 0. The number of carbonyl (C=O) groups is 1. The number of nitrogens with one attached hydrogen (secondary N) is 1. The van der Waals surface area contributed by atoms with Crippen molar-refractivity contribution in [3.63, 3.8) is 0 Å². The lowest BCUT2D eigenvalue weighted by Gasteiger charge is -2.12. The van der Waals surface area contributed by atoms with Crippen molar-refractivity contribution >= 4 is 5.91 Å². The third-order valence-electron chi connectivity index (χ3n) is 1.67. The van der Waals surface area contributed by atoms with Gasteiger partial charge in [0.1, 0.15) is 5.83 Å². The van der Waals surface area contributed by atoms with Crippen LogP contribution in [0.4, 0.5) is 4.39 Å². The summed E-state index contributed by atoms with van der Waals surface area (Å²) in [5, 5.41) is 2.68. The molecule has 0 bridgehead atoms. The van der Waals surface area contributed by atoms with E-state index in [1.54, 1.807) is 13.0 Å². The second-order valence-corrected chi connectivity index (χ2v) is 3.15. The average molecular weight is 199 g/mol. The Morgan fingerprint density at radius 3 is 2.64 bits per heavy atom. The summed E-state index contributed by atoms with van der Waals surface area (Å²) in [5.74, 6) is -0.437. The normalized spacial score (nSPS) is 14.4. The number of hydrogen-bond acceptors (Lipinski definition) is 1. The van der Waals surface area contributed by atoms with Gasteiger partial charge in [-0.3, -0.25) is 4.79 Å². The molecule has 0 aromatic heterocycles. The van der Waals surface area contributed by atoms with Crippen LogP contribution < -0.4 is 5.32 Å². The van der Waals surface area contributed by atoms with Crippen molar-refractivity contribution in [1.82, 2.24) is 5.32 Å². The number of carbonyl (C=O) groups excluding carboxylic acids is 1. The third-order valence-corrected chi connectivity index (χ3v) is 1.67. The van der Waals surface area contributed by atoms with E-state index in [9.17, 15) is 9.18 Å². The first-order chi connectivity index (χ1) is 6.60. The van der Waals surface area contributed by atoms with E-state index in [0.717, 1.165) is 12.8 Å². The quantitative estimate of drug-likeness (QED) is 0.678. The van der Waals surface area contributed by atoms with Crippen LogP contribution in [0.1, 0.15) is 33.6 Å². The first kappa shape index (κ1) is 12.9. The summed E-state index contributed by atoms with van der Waals surface area (Å²) in [6.07, 6.45) is 6.10. The summed E-state index contributed by atoms with van der Waals surface area (Å²) < 4.78 is 13.1. The number of allylic oxidation sites excluding steroid dienone is 3. The van der Waals surface area contributed by atoms with Gasteiger partial charge in [0.2, 0.25) is 5.91 Å². The van der Waals surface area contributed by atoms with Crippen LogP contribution >= 0.6 is 0 Å². The largest absolute Gasteiger partial charge is 0.350 e. The van der Waals surface area contributed by atoms with Crippen molar-refractivity contribution in [2.45, 2.75) is 39.7 Å². The first-order valence-corrected chi connectivity index (χ1v) is 4.87. The zero-order valence-corrected chi connectivity index (χ0v) is 9.01. The predicted octanol–water partition coefficient (Wildman–Crippen LogP) is 2.72. The van der Waals surface area contributed by atoms with Crippen LogP contribution in [0.15, 0.2) is 24.1 Å². The fourth-order valence-corrected chi connectivity index (χ4v) is 1.18. The van der Waals surface area contributed by atoms with Crippen LogP contribution in [-0.2, 0) is 4.79 Å². The molecule has 1 unspecified atom stereocenters. The summed E-state index contributed by atoms with van der Waals surface area (Å²) in [5.41, 5.74) is 0. The molecule has 3 heteroatoms. The topological polar surface area (TPSA) is 29.1 Å². The summed E-state index contributed by atoms with van der Waals surface area (Å²) in [6.45, 7) is 5.18. The molecule has 0 aliphatic carbocycles. The Kier molecular flexibility index (Phi) is 6.72. The van der Waals surface area contributed by atoms with Crippen molar-refractivity contribution in [3.05, 3.63) is 24.1 Å². The van der Waals surface area contributed by atoms with Crippen molar-refractivity contribution in [3.8, 4) is 0 Å². The van der Waals surface area contributed by atoms with Crippen LogP contribution in [-0.4, -0.2) is 11.9 Å². The maximum atomic E-state index is 13.1. The second kappa shape index (κ2) is 7.30. The minimum atomic E-state index is -0.306. The van der Waals surface area contributed by atoms with Crippen LogP contribution in [0.5, 0.6) is 0 Å². The molecule has 0 fully saturated rings. The monoisotopic (exact) mass is 199 g/mol. The predicted molar refractivity (Wildman–Crippen MR) is 56.5 cm³/mol. The summed E-state index contributed by atoms with van der Waals surface area (Å²) in [7, 11) is 0. The maximum absolute atomic E-state index is 13.1. The Hall–Kier alpha value is -1.12. The Balaban J connectivity index is 4.33. The van der Waals surface area contributed by atoms with Crippen LogP contribution in [0.3, 0.4) is 0 Å². The summed E-state index contributed by atoms with van der Waals surface area (Å²) in [6, 6.07) is -0.200. The Morgan fingerprint density at radius 2 is 2.21 bits per heavy atom. The van der Waals surface area contributed by atoms with Gasteiger partial charge >= 0.3 is 0 Å². The Morgan fingerprint density at radius 1 is 1.57 bits per heavy atom. The van der Waals surface area contributed by atoms with Crippen molar-refractivity contribution in [2.24, 2.45) is 0 Å². The SMILES string of the molecule is C/C=C\C(F)=C\C(CCC)NC(C)=O. The van der Waals surface area contributed by atoms with Crippen molar-refractivity contribution in [1.29, 1.82) is 0 Å². The van der Waals surface area contributed by atoms with E-state index in [1.165, 1.54) is 19.1 Å². The molecule has 1 N–H and O–H groups in total. The molecule has 0 aromatic rings. The fraction of sp³-hybridized carbons (Fsp3) is 0.545. The molecule has 0 aliphatic rings. The number of rotatable bonds is 5. The molecule has 0 saturated carbocycles. The van der Waals surface area contributed by atoms with E-state index >= 15 is 0 Å². The van der Waals surface area contributed by atoms with Gasteiger partial charge in [-0.2, -0.15) is 0 Å². The Labute approximate surface area is 84.9 Å². The van der Waals surface area contributed by atoms with Crippen molar-refractivity contribution in [2.75, 3.05) is 0 Å². The molecule has 0 radical (unpaired) electrons. The minimum Gasteiger partial charge on any atom is -0.350 e. The van der Waals surface area contributed by atoms with Gasteiger partial charge in [-0.05, 0) is 25.5 Å². The standard InChI is InChI=1S/C11H18FNO/c1-4-6-10(12)8-11(7-5-2)13-9(3)14/h4,6,8,11H,5,7H2,1-3H3,(H,13,14)/b6-4-,10-8-. The van der Waals surface area contributed by atoms with Crippen LogP contribution in [0.2, 0.25) is 0 Å². The molecule has 0 aromatic carbocycles. The van der Waals surface area contributed by atoms with Gasteiger partial charge in [-0.25, -0.2) is 4.39 Å². The highest BCUT2D eigenvalue weighted by Gasteiger charge is 2.06. The summed E-state index contributed by atoms with van der Waals surface area (Å²) in [4.78, 5) is 10.8.